The van der Waals surface area contributed by atoms with Gasteiger partial charge in [-0.3, -0.25) is 9.78 Å². The van der Waals surface area contributed by atoms with Gasteiger partial charge in [-0.1, -0.05) is 11.6 Å². The molecule has 1 amide bonds. The number of ketones is 1. The first-order valence-corrected chi connectivity index (χ1v) is 6.69. The smallest absolute Gasteiger partial charge is 0.407 e. The topological polar surface area (TPSA) is 68.3 Å². The summed E-state index contributed by atoms with van der Waals surface area (Å²) in [5, 5.41) is 2.97. The molecule has 1 aromatic rings. The summed E-state index contributed by atoms with van der Waals surface area (Å²) in [5.41, 5.74) is -0.215. The van der Waals surface area contributed by atoms with Gasteiger partial charge in [0.1, 0.15) is 5.60 Å². The van der Waals surface area contributed by atoms with Gasteiger partial charge in [0, 0.05) is 24.9 Å². The summed E-state index contributed by atoms with van der Waals surface area (Å²) in [6, 6.07) is 1.20. The lowest BCUT2D eigenvalue weighted by Gasteiger charge is -2.21. The van der Waals surface area contributed by atoms with Crippen LogP contribution >= 0.6 is 11.6 Å². The number of nitrogens with zero attached hydrogens (tertiary/aromatic N) is 1. The summed E-state index contributed by atoms with van der Waals surface area (Å²) in [6.45, 7) is 7.06. The summed E-state index contributed by atoms with van der Waals surface area (Å²) < 4.78 is 5.12. The Hall–Kier alpha value is -1.62. The second-order valence-corrected chi connectivity index (χ2v) is 5.94. The number of aromatic nitrogens is 1. The monoisotopic (exact) mass is 298 g/mol. The maximum absolute atomic E-state index is 12.0. The third kappa shape index (κ3) is 5.57. The minimum Gasteiger partial charge on any atom is -0.444 e. The van der Waals surface area contributed by atoms with Gasteiger partial charge in [-0.15, -0.1) is 0 Å². The molecule has 5 nitrogen and oxygen atoms in total. The average Bonchev–Trinajstić information content (AvgIpc) is 2.25. The van der Waals surface area contributed by atoms with Gasteiger partial charge in [0.05, 0.1) is 10.6 Å². The normalized spacial score (nSPS) is 12.7. The lowest BCUT2D eigenvalue weighted by Crippen LogP contribution is -2.38. The van der Waals surface area contributed by atoms with Gasteiger partial charge in [0.2, 0.25) is 0 Å². The van der Waals surface area contributed by atoms with E-state index in [9.17, 15) is 9.59 Å². The number of nitrogens with one attached hydrogen (secondary N) is 1. The second-order valence-electron chi connectivity index (χ2n) is 5.53. The molecule has 0 saturated carbocycles. The molecule has 0 aliphatic carbocycles. The standard InChI is InChI=1S/C14H19ClN2O3/c1-9(17-13(19)20-14(2,3)4)7-12(18)10-8-16-6-5-11(10)15/h5-6,8-9H,7H2,1-4H3,(H,17,19). The summed E-state index contributed by atoms with van der Waals surface area (Å²) in [7, 11) is 0. The second kappa shape index (κ2) is 6.70. The molecule has 0 fully saturated rings. The van der Waals surface area contributed by atoms with E-state index in [1.54, 1.807) is 33.8 Å². The summed E-state index contributed by atoms with van der Waals surface area (Å²) in [4.78, 5) is 27.5. The van der Waals surface area contributed by atoms with Gasteiger partial charge in [-0.05, 0) is 33.8 Å². The largest absolute Gasteiger partial charge is 0.444 e. The predicted octanol–water partition coefficient (Wildman–Crippen LogP) is 3.22. The highest BCUT2D eigenvalue weighted by atomic mass is 35.5. The average molecular weight is 299 g/mol. The molecule has 0 bridgehead atoms. The molecule has 0 aliphatic rings. The minimum atomic E-state index is -0.569. The van der Waals surface area contributed by atoms with Gasteiger partial charge < -0.3 is 10.1 Å². The Morgan fingerprint density at radius 1 is 1.45 bits per heavy atom. The molecule has 1 unspecified atom stereocenters. The van der Waals surface area contributed by atoms with Crippen molar-refractivity contribution in [2.45, 2.75) is 45.8 Å². The van der Waals surface area contributed by atoms with E-state index in [0.29, 0.717) is 10.6 Å². The van der Waals surface area contributed by atoms with Crippen LogP contribution in [0, 0.1) is 0 Å². The van der Waals surface area contributed by atoms with E-state index in [1.807, 2.05) is 0 Å². The molecule has 0 radical (unpaired) electrons. The number of hydrogen-bond acceptors (Lipinski definition) is 4. The van der Waals surface area contributed by atoms with Crippen LogP contribution in [0.2, 0.25) is 5.02 Å². The van der Waals surface area contributed by atoms with Crippen molar-refractivity contribution in [1.82, 2.24) is 10.3 Å². The number of Topliss-reactive ketones (excluding diaryl/α,β-unsaturated/α-hetero) is 1. The van der Waals surface area contributed by atoms with Gasteiger partial charge >= 0.3 is 6.09 Å². The van der Waals surface area contributed by atoms with Crippen molar-refractivity contribution in [2.75, 3.05) is 0 Å². The van der Waals surface area contributed by atoms with E-state index in [1.165, 1.54) is 12.4 Å². The van der Waals surface area contributed by atoms with Crippen molar-refractivity contribution in [3.8, 4) is 0 Å². The highest BCUT2D eigenvalue weighted by molar-refractivity contribution is 6.33. The van der Waals surface area contributed by atoms with Gasteiger partial charge in [-0.2, -0.15) is 0 Å². The Labute approximate surface area is 123 Å². The van der Waals surface area contributed by atoms with E-state index >= 15 is 0 Å². The van der Waals surface area contributed by atoms with Gasteiger partial charge in [-0.25, -0.2) is 4.79 Å². The fourth-order valence-electron chi connectivity index (χ4n) is 1.53. The maximum Gasteiger partial charge on any atom is 0.407 e. The fraction of sp³-hybridized carbons (Fsp3) is 0.500. The molecule has 1 heterocycles. The van der Waals surface area contributed by atoms with Crippen molar-refractivity contribution >= 4 is 23.5 Å². The lowest BCUT2D eigenvalue weighted by molar-refractivity contribution is 0.0506. The molecule has 20 heavy (non-hydrogen) atoms. The molecular weight excluding hydrogens is 280 g/mol. The molecule has 6 heteroatoms. The first kappa shape index (κ1) is 16.4. The van der Waals surface area contributed by atoms with Gasteiger partial charge in [0.15, 0.2) is 5.78 Å². The SMILES string of the molecule is CC(CC(=O)c1cnccc1Cl)NC(=O)OC(C)(C)C. The fourth-order valence-corrected chi connectivity index (χ4v) is 1.74. The number of halogens is 1. The number of carbonyl (C=O) groups is 2. The molecule has 0 saturated heterocycles. The lowest BCUT2D eigenvalue weighted by atomic mass is 10.1. The molecule has 110 valence electrons. The van der Waals surface area contributed by atoms with Crippen LogP contribution < -0.4 is 5.32 Å². The van der Waals surface area contributed by atoms with Crippen LogP contribution in [0.4, 0.5) is 4.79 Å². The summed E-state index contributed by atoms with van der Waals surface area (Å²) in [6.07, 6.45) is 2.52. The first-order valence-electron chi connectivity index (χ1n) is 6.31. The van der Waals surface area contributed by atoms with E-state index in [0.717, 1.165) is 0 Å². The first-order chi connectivity index (χ1) is 9.19. The molecular formula is C14H19ClN2O3. The zero-order valence-electron chi connectivity index (χ0n) is 12.1. The molecule has 1 rings (SSSR count). The number of alkyl carbamates (subject to hydrolysis) is 1. The summed E-state index contributed by atoms with van der Waals surface area (Å²) >= 11 is 5.92. The number of hydrogen-bond donors (Lipinski definition) is 1. The van der Waals surface area contributed by atoms with Gasteiger partial charge in [0.25, 0.3) is 0 Å². The molecule has 0 aliphatic heterocycles. The van der Waals surface area contributed by atoms with Crippen LogP contribution in [0.1, 0.15) is 44.5 Å². The van der Waals surface area contributed by atoms with Crippen molar-refractivity contribution in [1.29, 1.82) is 0 Å². The van der Waals surface area contributed by atoms with E-state index < -0.39 is 11.7 Å². The molecule has 1 aromatic heterocycles. The maximum atomic E-state index is 12.0. The van der Waals surface area contributed by atoms with Crippen LogP contribution in [0.5, 0.6) is 0 Å². The minimum absolute atomic E-state index is 0.130. The number of amides is 1. The Morgan fingerprint density at radius 2 is 2.10 bits per heavy atom. The number of rotatable bonds is 4. The quantitative estimate of drug-likeness (QED) is 0.867. The van der Waals surface area contributed by atoms with Crippen LogP contribution in [0.3, 0.4) is 0 Å². The number of pyridine rings is 1. The number of ether oxygens (including phenoxy) is 1. The zero-order chi connectivity index (χ0) is 15.3. The molecule has 1 N–H and O–H groups in total. The Morgan fingerprint density at radius 3 is 2.65 bits per heavy atom. The van der Waals surface area contributed by atoms with Crippen LogP contribution in [-0.4, -0.2) is 28.5 Å². The third-order valence-electron chi connectivity index (χ3n) is 2.32. The van der Waals surface area contributed by atoms with Crippen molar-refractivity contribution in [3.05, 3.63) is 29.0 Å². The van der Waals surface area contributed by atoms with Crippen molar-refractivity contribution in [2.24, 2.45) is 0 Å². The highest BCUT2D eigenvalue weighted by Crippen LogP contribution is 2.16. The van der Waals surface area contributed by atoms with Crippen molar-refractivity contribution in [3.63, 3.8) is 0 Å². The predicted molar refractivity (Wildman–Crippen MR) is 77.0 cm³/mol. The zero-order valence-corrected chi connectivity index (χ0v) is 12.8. The van der Waals surface area contributed by atoms with E-state index in [2.05, 4.69) is 10.3 Å². The number of carbonyl (C=O) groups excluding carboxylic acids is 2. The highest BCUT2D eigenvalue weighted by Gasteiger charge is 2.20. The van der Waals surface area contributed by atoms with Crippen LogP contribution in [0.25, 0.3) is 0 Å². The summed E-state index contributed by atoms with van der Waals surface area (Å²) in [5.74, 6) is -0.174. The van der Waals surface area contributed by atoms with Crippen molar-refractivity contribution < 1.29 is 14.3 Å². The Balaban J connectivity index is 2.55. The molecule has 0 spiro atoms. The Bertz CT molecular complexity index is 497. The van der Waals surface area contributed by atoms with E-state index in [-0.39, 0.29) is 18.2 Å². The Kier molecular flexibility index (Phi) is 5.51. The molecule has 0 aromatic carbocycles. The van der Waals surface area contributed by atoms with Crippen LogP contribution in [0.15, 0.2) is 18.5 Å². The third-order valence-corrected chi connectivity index (χ3v) is 2.65. The van der Waals surface area contributed by atoms with Crippen LogP contribution in [-0.2, 0) is 4.74 Å². The molecule has 1 atom stereocenters. The van der Waals surface area contributed by atoms with E-state index in [4.69, 9.17) is 16.3 Å².